The SMILES string of the molecule is COc1cc(CNC(=O)NC(=O)C=CC(=O)O)ccn1. The van der Waals surface area contributed by atoms with E-state index in [2.05, 4.69) is 10.3 Å². The first-order valence-electron chi connectivity index (χ1n) is 5.50. The number of nitrogens with zero attached hydrogens (tertiary/aromatic N) is 1. The number of hydrogen-bond donors (Lipinski definition) is 3. The van der Waals surface area contributed by atoms with E-state index in [9.17, 15) is 14.4 Å². The van der Waals surface area contributed by atoms with Crippen LogP contribution in [0.15, 0.2) is 30.5 Å². The summed E-state index contributed by atoms with van der Waals surface area (Å²) in [6.07, 6.45) is 2.90. The summed E-state index contributed by atoms with van der Waals surface area (Å²) in [5, 5.41) is 12.7. The number of carboxylic acid groups (broad SMARTS) is 1. The Morgan fingerprint density at radius 3 is 2.80 bits per heavy atom. The molecule has 1 heterocycles. The summed E-state index contributed by atoms with van der Waals surface area (Å²) in [4.78, 5) is 36.6. The molecule has 0 aliphatic rings. The zero-order valence-corrected chi connectivity index (χ0v) is 10.6. The Bertz CT molecular complexity index is 542. The summed E-state index contributed by atoms with van der Waals surface area (Å²) in [5.74, 6) is -1.69. The van der Waals surface area contributed by atoms with E-state index in [-0.39, 0.29) is 6.54 Å². The first-order chi connectivity index (χ1) is 9.51. The third-order valence-corrected chi connectivity index (χ3v) is 2.08. The number of ether oxygens (including phenoxy) is 1. The molecule has 0 fully saturated rings. The van der Waals surface area contributed by atoms with Gasteiger partial charge in [-0.1, -0.05) is 0 Å². The smallest absolute Gasteiger partial charge is 0.328 e. The molecule has 8 nitrogen and oxygen atoms in total. The number of aliphatic carboxylic acids is 1. The number of rotatable bonds is 5. The maximum Gasteiger partial charge on any atom is 0.328 e. The zero-order valence-electron chi connectivity index (χ0n) is 10.6. The molecule has 0 atom stereocenters. The lowest BCUT2D eigenvalue weighted by atomic mass is 10.2. The molecule has 1 aromatic heterocycles. The molecule has 1 aromatic rings. The van der Waals surface area contributed by atoms with Gasteiger partial charge < -0.3 is 15.2 Å². The quantitative estimate of drug-likeness (QED) is 0.656. The number of aromatic nitrogens is 1. The van der Waals surface area contributed by atoms with Gasteiger partial charge in [-0.2, -0.15) is 0 Å². The van der Waals surface area contributed by atoms with Crippen LogP contribution in [0, 0.1) is 0 Å². The van der Waals surface area contributed by atoms with E-state index in [4.69, 9.17) is 9.84 Å². The highest BCUT2D eigenvalue weighted by Gasteiger charge is 2.05. The lowest BCUT2D eigenvalue weighted by Gasteiger charge is -2.06. The van der Waals surface area contributed by atoms with Crippen LogP contribution in [0.5, 0.6) is 5.88 Å². The number of imide groups is 1. The van der Waals surface area contributed by atoms with Crippen LogP contribution in [-0.4, -0.2) is 35.1 Å². The van der Waals surface area contributed by atoms with Gasteiger partial charge in [-0.3, -0.25) is 10.1 Å². The van der Waals surface area contributed by atoms with Crippen molar-refractivity contribution in [2.75, 3.05) is 7.11 Å². The monoisotopic (exact) mass is 279 g/mol. The van der Waals surface area contributed by atoms with Crippen LogP contribution in [0.25, 0.3) is 0 Å². The summed E-state index contributed by atoms with van der Waals surface area (Å²) >= 11 is 0. The molecule has 0 saturated heterocycles. The highest BCUT2D eigenvalue weighted by molar-refractivity contribution is 6.02. The number of pyridine rings is 1. The molecule has 20 heavy (non-hydrogen) atoms. The summed E-state index contributed by atoms with van der Waals surface area (Å²) in [6, 6.07) is 2.57. The second-order valence-corrected chi connectivity index (χ2v) is 3.55. The highest BCUT2D eigenvalue weighted by Crippen LogP contribution is 2.07. The van der Waals surface area contributed by atoms with Crippen LogP contribution in [0.2, 0.25) is 0 Å². The van der Waals surface area contributed by atoms with Crippen molar-refractivity contribution in [1.29, 1.82) is 0 Å². The van der Waals surface area contributed by atoms with Crippen molar-refractivity contribution in [3.8, 4) is 5.88 Å². The molecule has 3 amide bonds. The Labute approximate surface area is 114 Å². The van der Waals surface area contributed by atoms with Gasteiger partial charge in [0.2, 0.25) is 5.88 Å². The fourth-order valence-electron chi connectivity index (χ4n) is 1.20. The molecule has 1 rings (SSSR count). The molecule has 0 spiro atoms. The molecule has 0 bridgehead atoms. The Morgan fingerprint density at radius 2 is 2.15 bits per heavy atom. The minimum Gasteiger partial charge on any atom is -0.481 e. The van der Waals surface area contributed by atoms with Crippen molar-refractivity contribution in [3.05, 3.63) is 36.0 Å². The Balaban J connectivity index is 2.43. The lowest BCUT2D eigenvalue weighted by Crippen LogP contribution is -2.38. The number of amides is 3. The molecule has 0 saturated carbocycles. The summed E-state index contributed by atoms with van der Waals surface area (Å²) in [5.41, 5.74) is 0.737. The fraction of sp³-hybridized carbons (Fsp3) is 0.167. The molecular formula is C12H13N3O5. The molecule has 0 aliphatic heterocycles. The number of methoxy groups -OCH3 is 1. The second kappa shape index (κ2) is 7.52. The van der Waals surface area contributed by atoms with Crippen molar-refractivity contribution in [1.82, 2.24) is 15.6 Å². The van der Waals surface area contributed by atoms with Crippen LogP contribution in [0.1, 0.15) is 5.56 Å². The minimum absolute atomic E-state index is 0.167. The van der Waals surface area contributed by atoms with Gasteiger partial charge in [0.25, 0.3) is 5.91 Å². The second-order valence-electron chi connectivity index (χ2n) is 3.55. The third kappa shape index (κ3) is 5.63. The van der Waals surface area contributed by atoms with Gasteiger partial charge in [0.15, 0.2) is 0 Å². The third-order valence-electron chi connectivity index (χ3n) is 2.08. The number of carboxylic acids is 1. The van der Waals surface area contributed by atoms with E-state index in [1.807, 2.05) is 5.32 Å². The standard InChI is InChI=1S/C12H13N3O5/c1-20-10-6-8(4-5-13-10)7-14-12(19)15-9(16)2-3-11(17)18/h2-6H,7H2,1H3,(H,17,18)(H2,14,15,16,19). The van der Waals surface area contributed by atoms with E-state index < -0.39 is 17.9 Å². The van der Waals surface area contributed by atoms with Gasteiger partial charge >= 0.3 is 12.0 Å². The van der Waals surface area contributed by atoms with E-state index in [1.165, 1.54) is 13.3 Å². The largest absolute Gasteiger partial charge is 0.481 e. The molecule has 106 valence electrons. The molecule has 3 N–H and O–H groups in total. The number of urea groups is 1. The average molecular weight is 279 g/mol. The molecular weight excluding hydrogens is 266 g/mol. The Morgan fingerprint density at radius 1 is 1.40 bits per heavy atom. The molecule has 8 heteroatoms. The van der Waals surface area contributed by atoms with Crippen LogP contribution in [0.4, 0.5) is 4.79 Å². The van der Waals surface area contributed by atoms with Gasteiger partial charge in [0.05, 0.1) is 7.11 Å². The lowest BCUT2D eigenvalue weighted by molar-refractivity contribution is -0.131. The Kier molecular flexibility index (Phi) is 5.70. The average Bonchev–Trinajstić information content (AvgIpc) is 2.43. The molecule has 0 radical (unpaired) electrons. The first-order valence-corrected chi connectivity index (χ1v) is 5.50. The summed E-state index contributed by atoms with van der Waals surface area (Å²) < 4.78 is 4.92. The predicted molar refractivity (Wildman–Crippen MR) is 67.9 cm³/mol. The normalized spacial score (nSPS) is 10.1. The van der Waals surface area contributed by atoms with Crippen LogP contribution in [0.3, 0.4) is 0 Å². The van der Waals surface area contributed by atoms with Crippen molar-refractivity contribution in [3.63, 3.8) is 0 Å². The van der Waals surface area contributed by atoms with Crippen molar-refractivity contribution >= 4 is 17.9 Å². The van der Waals surface area contributed by atoms with Crippen LogP contribution in [-0.2, 0) is 16.1 Å². The summed E-state index contributed by atoms with van der Waals surface area (Å²) in [6.45, 7) is 0.167. The minimum atomic E-state index is -1.27. The van der Waals surface area contributed by atoms with Crippen molar-refractivity contribution < 1.29 is 24.2 Å². The topological polar surface area (TPSA) is 118 Å². The number of carbonyl (C=O) groups is 3. The van der Waals surface area contributed by atoms with Crippen LogP contribution >= 0.6 is 0 Å². The molecule has 0 aliphatic carbocycles. The van der Waals surface area contributed by atoms with Gasteiger partial charge in [-0.05, 0) is 11.6 Å². The van der Waals surface area contributed by atoms with Gasteiger partial charge in [0.1, 0.15) is 0 Å². The van der Waals surface area contributed by atoms with Gasteiger partial charge in [-0.15, -0.1) is 0 Å². The van der Waals surface area contributed by atoms with Gasteiger partial charge in [-0.25, -0.2) is 14.6 Å². The van der Waals surface area contributed by atoms with E-state index in [1.54, 1.807) is 12.1 Å². The van der Waals surface area contributed by atoms with E-state index in [0.717, 1.165) is 11.6 Å². The van der Waals surface area contributed by atoms with Crippen molar-refractivity contribution in [2.24, 2.45) is 0 Å². The zero-order chi connectivity index (χ0) is 15.0. The maximum atomic E-state index is 11.4. The van der Waals surface area contributed by atoms with Gasteiger partial charge in [0, 0.05) is 31.0 Å². The van der Waals surface area contributed by atoms with Crippen molar-refractivity contribution in [2.45, 2.75) is 6.54 Å². The molecule has 0 aromatic carbocycles. The number of hydrogen-bond acceptors (Lipinski definition) is 5. The van der Waals surface area contributed by atoms with E-state index >= 15 is 0 Å². The highest BCUT2D eigenvalue weighted by atomic mass is 16.5. The fourth-order valence-corrected chi connectivity index (χ4v) is 1.20. The summed E-state index contributed by atoms with van der Waals surface area (Å²) in [7, 11) is 1.47. The number of nitrogens with one attached hydrogen (secondary N) is 2. The van der Waals surface area contributed by atoms with E-state index in [0.29, 0.717) is 12.0 Å². The number of carbonyl (C=O) groups excluding carboxylic acids is 2. The predicted octanol–water partition coefficient (Wildman–Crippen LogP) is 0.0568. The maximum absolute atomic E-state index is 11.4. The first kappa shape index (κ1) is 15.2. The molecule has 0 unspecified atom stereocenters. The van der Waals surface area contributed by atoms with Crippen LogP contribution < -0.4 is 15.4 Å². The Hall–Kier alpha value is -2.90.